The van der Waals surface area contributed by atoms with Gasteiger partial charge in [0, 0.05) is 25.3 Å². The molecular weight excluding hydrogens is 234 g/mol. The molecule has 1 aromatic heterocycles. The SMILES string of the molecule is Cc1ccccc1CC(C)NC(C)c1ccnn1C. The lowest BCUT2D eigenvalue weighted by molar-refractivity contribution is 0.455. The number of aryl methyl sites for hydroxylation is 2. The van der Waals surface area contributed by atoms with E-state index in [2.05, 4.69) is 61.5 Å². The summed E-state index contributed by atoms with van der Waals surface area (Å²) < 4.78 is 1.93. The molecule has 1 aromatic carbocycles. The summed E-state index contributed by atoms with van der Waals surface area (Å²) in [5.41, 5.74) is 4.00. The summed E-state index contributed by atoms with van der Waals surface area (Å²) in [7, 11) is 1.99. The minimum absolute atomic E-state index is 0.312. The van der Waals surface area contributed by atoms with Crippen molar-refractivity contribution < 1.29 is 0 Å². The monoisotopic (exact) mass is 257 g/mol. The van der Waals surface area contributed by atoms with Crippen molar-refractivity contribution in [1.82, 2.24) is 15.1 Å². The lowest BCUT2D eigenvalue weighted by Crippen LogP contribution is -2.31. The van der Waals surface area contributed by atoms with Crippen LogP contribution in [0.1, 0.15) is 36.7 Å². The summed E-state index contributed by atoms with van der Waals surface area (Å²) in [6.07, 6.45) is 2.90. The minimum Gasteiger partial charge on any atom is -0.306 e. The van der Waals surface area contributed by atoms with Crippen LogP contribution in [-0.4, -0.2) is 15.8 Å². The van der Waals surface area contributed by atoms with Gasteiger partial charge in [-0.05, 0) is 44.4 Å². The number of nitrogens with zero attached hydrogens (tertiary/aromatic N) is 2. The quantitative estimate of drug-likeness (QED) is 0.892. The number of aromatic nitrogens is 2. The van der Waals surface area contributed by atoms with Crippen LogP contribution in [0.4, 0.5) is 0 Å². The van der Waals surface area contributed by atoms with E-state index in [0.29, 0.717) is 12.1 Å². The third-order valence-corrected chi connectivity index (χ3v) is 3.62. The van der Waals surface area contributed by atoms with Gasteiger partial charge < -0.3 is 5.32 Å². The molecule has 0 bridgehead atoms. The Kier molecular flexibility index (Phi) is 4.38. The summed E-state index contributed by atoms with van der Waals surface area (Å²) in [4.78, 5) is 0. The summed E-state index contributed by atoms with van der Waals surface area (Å²) in [6.45, 7) is 6.59. The van der Waals surface area contributed by atoms with Gasteiger partial charge in [-0.25, -0.2) is 0 Å². The molecule has 0 spiro atoms. The zero-order valence-electron chi connectivity index (χ0n) is 12.2. The molecule has 0 aliphatic carbocycles. The topological polar surface area (TPSA) is 29.9 Å². The fourth-order valence-electron chi connectivity index (χ4n) is 2.55. The highest BCUT2D eigenvalue weighted by Gasteiger charge is 2.13. The number of rotatable bonds is 5. The maximum atomic E-state index is 4.22. The molecule has 2 unspecified atom stereocenters. The lowest BCUT2D eigenvalue weighted by atomic mass is 10.0. The molecule has 0 fully saturated rings. The third kappa shape index (κ3) is 3.44. The Bertz CT molecular complexity index is 530. The number of nitrogens with one attached hydrogen (secondary N) is 1. The largest absolute Gasteiger partial charge is 0.306 e. The Morgan fingerprint density at radius 2 is 1.95 bits per heavy atom. The summed E-state index contributed by atoms with van der Waals surface area (Å²) >= 11 is 0. The predicted molar refractivity (Wildman–Crippen MR) is 79.1 cm³/mol. The first-order chi connectivity index (χ1) is 9.08. The highest BCUT2D eigenvalue weighted by atomic mass is 15.3. The van der Waals surface area contributed by atoms with Crippen molar-refractivity contribution in [3.8, 4) is 0 Å². The normalized spacial score (nSPS) is 14.3. The van der Waals surface area contributed by atoms with Crippen LogP contribution in [0.15, 0.2) is 36.5 Å². The molecule has 2 rings (SSSR count). The molecule has 0 saturated carbocycles. The van der Waals surface area contributed by atoms with Gasteiger partial charge in [-0.3, -0.25) is 4.68 Å². The first-order valence-electron chi connectivity index (χ1n) is 6.86. The van der Waals surface area contributed by atoms with Gasteiger partial charge in [-0.2, -0.15) is 5.10 Å². The fourth-order valence-corrected chi connectivity index (χ4v) is 2.55. The van der Waals surface area contributed by atoms with Crippen LogP contribution in [0.3, 0.4) is 0 Å². The summed E-state index contributed by atoms with van der Waals surface area (Å²) in [5.74, 6) is 0. The van der Waals surface area contributed by atoms with Crippen molar-refractivity contribution in [2.24, 2.45) is 7.05 Å². The molecule has 3 heteroatoms. The van der Waals surface area contributed by atoms with Crippen molar-refractivity contribution in [3.05, 3.63) is 53.3 Å². The van der Waals surface area contributed by atoms with E-state index in [0.717, 1.165) is 6.42 Å². The molecule has 0 aliphatic rings. The van der Waals surface area contributed by atoms with Gasteiger partial charge in [-0.1, -0.05) is 24.3 Å². The van der Waals surface area contributed by atoms with Crippen molar-refractivity contribution in [2.75, 3.05) is 0 Å². The van der Waals surface area contributed by atoms with E-state index in [-0.39, 0.29) is 0 Å². The van der Waals surface area contributed by atoms with E-state index in [1.807, 2.05) is 17.9 Å². The first kappa shape index (κ1) is 13.8. The van der Waals surface area contributed by atoms with Gasteiger partial charge >= 0.3 is 0 Å². The van der Waals surface area contributed by atoms with Crippen molar-refractivity contribution in [2.45, 2.75) is 39.3 Å². The second kappa shape index (κ2) is 6.02. The molecule has 0 saturated heterocycles. The fraction of sp³-hybridized carbons (Fsp3) is 0.438. The molecule has 19 heavy (non-hydrogen) atoms. The zero-order chi connectivity index (χ0) is 13.8. The van der Waals surface area contributed by atoms with E-state index in [9.17, 15) is 0 Å². The average molecular weight is 257 g/mol. The molecule has 2 aromatic rings. The van der Waals surface area contributed by atoms with E-state index < -0.39 is 0 Å². The van der Waals surface area contributed by atoms with Crippen LogP contribution in [0.5, 0.6) is 0 Å². The van der Waals surface area contributed by atoms with Crippen LogP contribution in [0.2, 0.25) is 0 Å². The van der Waals surface area contributed by atoms with Gasteiger partial charge in [-0.15, -0.1) is 0 Å². The van der Waals surface area contributed by atoms with Crippen molar-refractivity contribution in [3.63, 3.8) is 0 Å². The Morgan fingerprint density at radius 1 is 1.21 bits per heavy atom. The minimum atomic E-state index is 0.312. The van der Waals surface area contributed by atoms with Crippen LogP contribution < -0.4 is 5.32 Å². The van der Waals surface area contributed by atoms with Gasteiger partial charge in [0.2, 0.25) is 0 Å². The van der Waals surface area contributed by atoms with E-state index >= 15 is 0 Å². The average Bonchev–Trinajstić information content (AvgIpc) is 2.78. The molecule has 1 N–H and O–H groups in total. The second-order valence-corrected chi connectivity index (χ2v) is 5.30. The summed E-state index contributed by atoms with van der Waals surface area (Å²) in [5, 5.41) is 7.86. The van der Waals surface area contributed by atoms with Gasteiger partial charge in [0.1, 0.15) is 0 Å². The van der Waals surface area contributed by atoms with Gasteiger partial charge in [0.15, 0.2) is 0 Å². The molecule has 2 atom stereocenters. The summed E-state index contributed by atoms with van der Waals surface area (Å²) in [6, 6.07) is 11.4. The van der Waals surface area contributed by atoms with Gasteiger partial charge in [0.25, 0.3) is 0 Å². The molecular formula is C16H23N3. The Morgan fingerprint density at radius 3 is 2.58 bits per heavy atom. The Balaban J connectivity index is 1.97. The number of hydrogen-bond donors (Lipinski definition) is 1. The maximum Gasteiger partial charge on any atom is 0.0547 e. The number of hydrogen-bond acceptors (Lipinski definition) is 2. The van der Waals surface area contributed by atoms with Crippen LogP contribution in [-0.2, 0) is 13.5 Å². The molecule has 102 valence electrons. The zero-order valence-corrected chi connectivity index (χ0v) is 12.2. The third-order valence-electron chi connectivity index (χ3n) is 3.62. The predicted octanol–water partition coefficient (Wildman–Crippen LogP) is 3.01. The lowest BCUT2D eigenvalue weighted by Gasteiger charge is -2.21. The van der Waals surface area contributed by atoms with E-state index in [1.165, 1.54) is 16.8 Å². The number of benzene rings is 1. The van der Waals surface area contributed by atoms with Crippen molar-refractivity contribution >= 4 is 0 Å². The molecule has 3 nitrogen and oxygen atoms in total. The molecule has 0 radical (unpaired) electrons. The molecule has 0 aliphatic heterocycles. The van der Waals surface area contributed by atoms with Crippen LogP contribution in [0, 0.1) is 6.92 Å². The van der Waals surface area contributed by atoms with E-state index in [1.54, 1.807) is 0 Å². The smallest absolute Gasteiger partial charge is 0.0547 e. The van der Waals surface area contributed by atoms with Crippen LogP contribution in [0.25, 0.3) is 0 Å². The standard InChI is InChI=1S/C16H23N3/c1-12-7-5-6-8-15(12)11-13(2)18-14(3)16-9-10-17-19(16)4/h5-10,13-14,18H,11H2,1-4H3. The molecule has 0 amide bonds. The first-order valence-corrected chi connectivity index (χ1v) is 6.86. The highest BCUT2D eigenvalue weighted by molar-refractivity contribution is 5.26. The molecule has 1 heterocycles. The highest BCUT2D eigenvalue weighted by Crippen LogP contribution is 2.14. The Hall–Kier alpha value is -1.61. The van der Waals surface area contributed by atoms with Crippen LogP contribution >= 0.6 is 0 Å². The Labute approximate surface area is 115 Å². The maximum absolute atomic E-state index is 4.22. The van der Waals surface area contributed by atoms with Gasteiger partial charge in [0.05, 0.1) is 5.69 Å². The van der Waals surface area contributed by atoms with Crippen molar-refractivity contribution in [1.29, 1.82) is 0 Å². The van der Waals surface area contributed by atoms with E-state index in [4.69, 9.17) is 0 Å². The second-order valence-electron chi connectivity index (χ2n) is 5.30.